The fraction of sp³-hybridized carbons (Fsp3) is 0.364. The second kappa shape index (κ2) is 9.26. The molecule has 6 heteroatoms. The van der Waals surface area contributed by atoms with Crippen molar-refractivity contribution >= 4 is 23.2 Å². The molecule has 28 heavy (non-hydrogen) atoms. The maximum absolute atomic E-state index is 12.5. The fourth-order valence-corrected chi connectivity index (χ4v) is 3.30. The number of piperidine rings is 1. The molecule has 0 bridgehead atoms. The number of hydrogen-bond acceptors (Lipinski definition) is 4. The van der Waals surface area contributed by atoms with Crippen molar-refractivity contribution in [2.75, 3.05) is 30.8 Å². The average molecular weight is 381 g/mol. The summed E-state index contributed by atoms with van der Waals surface area (Å²) in [6.45, 7) is 3.56. The Labute approximate surface area is 165 Å². The topological polar surface area (TPSA) is 70.7 Å². The molecule has 3 rings (SSSR count). The predicted molar refractivity (Wildman–Crippen MR) is 111 cm³/mol. The molecule has 0 aromatic heterocycles. The summed E-state index contributed by atoms with van der Waals surface area (Å²) in [6.07, 6.45) is 3.36. The Kier molecular flexibility index (Phi) is 6.53. The van der Waals surface area contributed by atoms with Crippen LogP contribution in [0.3, 0.4) is 0 Å². The summed E-state index contributed by atoms with van der Waals surface area (Å²) in [5.74, 6) is 0.678. The van der Waals surface area contributed by atoms with Crippen molar-refractivity contribution in [1.82, 2.24) is 4.90 Å². The summed E-state index contributed by atoms with van der Waals surface area (Å²) in [5, 5.41) is 6.09. The lowest BCUT2D eigenvalue weighted by atomic mass is 10.1. The minimum absolute atomic E-state index is 0.126. The molecule has 0 saturated carbocycles. The van der Waals surface area contributed by atoms with E-state index in [1.165, 1.54) is 6.42 Å². The highest BCUT2D eigenvalue weighted by atomic mass is 16.5. The largest absolute Gasteiger partial charge is 0.497 e. The van der Waals surface area contributed by atoms with Gasteiger partial charge in [0.1, 0.15) is 11.8 Å². The second-order valence-electron chi connectivity index (χ2n) is 7.01. The summed E-state index contributed by atoms with van der Waals surface area (Å²) < 4.78 is 5.11. The standard InChI is InChI=1S/C22H27N3O3/c1-16(22(27)25-14-4-3-5-15-25)23-18-8-6-17(7-9-18)21(26)24-19-10-12-20(28-2)13-11-19/h6-13,16,23H,3-5,14-15H2,1-2H3,(H,24,26). The zero-order chi connectivity index (χ0) is 19.9. The molecule has 1 aliphatic heterocycles. The summed E-state index contributed by atoms with van der Waals surface area (Å²) in [5.41, 5.74) is 2.07. The Bertz CT molecular complexity index is 797. The van der Waals surface area contributed by atoms with E-state index in [1.54, 1.807) is 43.5 Å². The van der Waals surface area contributed by atoms with Crippen LogP contribution in [0.5, 0.6) is 5.75 Å². The van der Waals surface area contributed by atoms with Crippen molar-refractivity contribution in [2.45, 2.75) is 32.2 Å². The third-order valence-corrected chi connectivity index (χ3v) is 4.92. The molecule has 2 amide bonds. The molecule has 0 aliphatic carbocycles. The third kappa shape index (κ3) is 5.03. The average Bonchev–Trinajstić information content (AvgIpc) is 2.74. The molecule has 0 radical (unpaired) electrons. The molecule has 148 valence electrons. The minimum Gasteiger partial charge on any atom is -0.497 e. The first-order valence-corrected chi connectivity index (χ1v) is 9.67. The van der Waals surface area contributed by atoms with Gasteiger partial charge in [0.15, 0.2) is 0 Å². The van der Waals surface area contributed by atoms with Gasteiger partial charge in [0, 0.05) is 30.0 Å². The highest BCUT2D eigenvalue weighted by Crippen LogP contribution is 2.18. The quantitative estimate of drug-likeness (QED) is 0.799. The highest BCUT2D eigenvalue weighted by molar-refractivity contribution is 6.04. The van der Waals surface area contributed by atoms with Gasteiger partial charge < -0.3 is 20.3 Å². The van der Waals surface area contributed by atoms with Crippen molar-refractivity contribution in [3.8, 4) is 5.75 Å². The lowest BCUT2D eigenvalue weighted by Crippen LogP contribution is -2.43. The van der Waals surface area contributed by atoms with E-state index in [2.05, 4.69) is 10.6 Å². The van der Waals surface area contributed by atoms with E-state index in [4.69, 9.17) is 4.74 Å². The number of methoxy groups -OCH3 is 1. The van der Waals surface area contributed by atoms with Crippen LogP contribution in [0.2, 0.25) is 0 Å². The van der Waals surface area contributed by atoms with Gasteiger partial charge in [-0.25, -0.2) is 0 Å². The molecule has 1 heterocycles. The molecule has 1 fully saturated rings. The summed E-state index contributed by atoms with van der Waals surface area (Å²) in [6, 6.07) is 14.0. The number of rotatable bonds is 6. The maximum atomic E-state index is 12.5. The number of benzene rings is 2. The van der Waals surface area contributed by atoms with Crippen LogP contribution in [0.15, 0.2) is 48.5 Å². The van der Waals surface area contributed by atoms with Crippen LogP contribution in [0, 0.1) is 0 Å². The van der Waals surface area contributed by atoms with E-state index in [1.807, 2.05) is 24.0 Å². The molecule has 1 unspecified atom stereocenters. The van der Waals surface area contributed by atoms with Crippen LogP contribution >= 0.6 is 0 Å². The number of carbonyl (C=O) groups is 2. The van der Waals surface area contributed by atoms with Gasteiger partial charge in [-0.05, 0) is 74.7 Å². The monoisotopic (exact) mass is 381 g/mol. The van der Waals surface area contributed by atoms with Gasteiger partial charge >= 0.3 is 0 Å². The fourth-order valence-electron chi connectivity index (χ4n) is 3.30. The Morgan fingerprint density at radius 2 is 1.54 bits per heavy atom. The van der Waals surface area contributed by atoms with Gasteiger partial charge in [-0.2, -0.15) is 0 Å². The van der Waals surface area contributed by atoms with Crippen molar-refractivity contribution in [3.05, 3.63) is 54.1 Å². The lowest BCUT2D eigenvalue weighted by molar-refractivity contribution is -0.132. The first-order chi connectivity index (χ1) is 13.6. The summed E-state index contributed by atoms with van der Waals surface area (Å²) >= 11 is 0. The van der Waals surface area contributed by atoms with Crippen LogP contribution < -0.4 is 15.4 Å². The van der Waals surface area contributed by atoms with Gasteiger partial charge in [-0.15, -0.1) is 0 Å². The Hall–Kier alpha value is -3.02. The molecule has 0 spiro atoms. The zero-order valence-corrected chi connectivity index (χ0v) is 16.4. The Balaban J connectivity index is 1.56. The first kappa shape index (κ1) is 19.7. The molecule has 1 atom stereocenters. The molecule has 2 aromatic rings. The zero-order valence-electron chi connectivity index (χ0n) is 16.4. The number of nitrogens with one attached hydrogen (secondary N) is 2. The van der Waals surface area contributed by atoms with E-state index in [-0.39, 0.29) is 17.9 Å². The molecule has 1 aliphatic rings. The summed E-state index contributed by atoms with van der Waals surface area (Å²) in [4.78, 5) is 26.8. The molecule has 1 saturated heterocycles. The van der Waals surface area contributed by atoms with Gasteiger partial charge in [-0.3, -0.25) is 9.59 Å². The van der Waals surface area contributed by atoms with Crippen LogP contribution in [0.1, 0.15) is 36.5 Å². The van der Waals surface area contributed by atoms with Crippen LogP contribution in [0.4, 0.5) is 11.4 Å². The van der Waals surface area contributed by atoms with Crippen LogP contribution in [0.25, 0.3) is 0 Å². The predicted octanol–water partition coefficient (Wildman–Crippen LogP) is 3.76. The molecular formula is C22H27N3O3. The number of anilines is 2. The second-order valence-corrected chi connectivity index (χ2v) is 7.01. The van der Waals surface area contributed by atoms with Gasteiger partial charge in [-0.1, -0.05) is 0 Å². The van der Waals surface area contributed by atoms with Crippen LogP contribution in [-0.2, 0) is 4.79 Å². The number of nitrogens with zero attached hydrogens (tertiary/aromatic N) is 1. The van der Waals surface area contributed by atoms with Crippen LogP contribution in [-0.4, -0.2) is 43.0 Å². The molecular weight excluding hydrogens is 354 g/mol. The van der Waals surface area contributed by atoms with E-state index in [9.17, 15) is 9.59 Å². The normalized spacial score (nSPS) is 14.9. The molecule has 2 aromatic carbocycles. The van der Waals surface area contributed by atoms with Gasteiger partial charge in [0.05, 0.1) is 7.11 Å². The smallest absolute Gasteiger partial charge is 0.255 e. The van der Waals surface area contributed by atoms with Gasteiger partial charge in [0.25, 0.3) is 5.91 Å². The number of amides is 2. The van der Waals surface area contributed by atoms with Crippen molar-refractivity contribution in [2.24, 2.45) is 0 Å². The number of ether oxygens (including phenoxy) is 1. The highest BCUT2D eigenvalue weighted by Gasteiger charge is 2.21. The maximum Gasteiger partial charge on any atom is 0.255 e. The van der Waals surface area contributed by atoms with E-state index >= 15 is 0 Å². The van der Waals surface area contributed by atoms with E-state index < -0.39 is 0 Å². The molecule has 6 nitrogen and oxygen atoms in total. The van der Waals surface area contributed by atoms with Crippen molar-refractivity contribution in [3.63, 3.8) is 0 Å². The van der Waals surface area contributed by atoms with E-state index in [0.717, 1.165) is 37.4 Å². The van der Waals surface area contributed by atoms with Crippen molar-refractivity contribution < 1.29 is 14.3 Å². The molecule has 2 N–H and O–H groups in total. The number of hydrogen-bond donors (Lipinski definition) is 2. The summed E-state index contributed by atoms with van der Waals surface area (Å²) in [7, 11) is 1.60. The SMILES string of the molecule is COc1ccc(NC(=O)c2ccc(NC(C)C(=O)N3CCCCC3)cc2)cc1. The minimum atomic E-state index is -0.294. The number of carbonyl (C=O) groups excluding carboxylic acids is 2. The first-order valence-electron chi connectivity index (χ1n) is 9.67. The van der Waals surface area contributed by atoms with Gasteiger partial charge in [0.2, 0.25) is 5.91 Å². The van der Waals surface area contributed by atoms with Crippen molar-refractivity contribution in [1.29, 1.82) is 0 Å². The number of likely N-dealkylation sites (tertiary alicyclic amines) is 1. The lowest BCUT2D eigenvalue weighted by Gasteiger charge is -2.29. The Morgan fingerprint density at radius 3 is 2.14 bits per heavy atom. The Morgan fingerprint density at radius 1 is 0.929 bits per heavy atom. The third-order valence-electron chi connectivity index (χ3n) is 4.92. The van der Waals surface area contributed by atoms with E-state index in [0.29, 0.717) is 11.3 Å².